The molecule has 0 N–H and O–H groups in total. The molecule has 4 rings (SSSR count). The number of thioether (sulfide) groups is 1. The summed E-state index contributed by atoms with van der Waals surface area (Å²) in [5.41, 5.74) is 1.31. The number of ether oxygens (including phenoxy) is 3. The highest BCUT2D eigenvalue weighted by atomic mass is 32.2. The van der Waals surface area contributed by atoms with Gasteiger partial charge < -0.3 is 19.1 Å². The Bertz CT molecular complexity index is 458. The second-order valence-corrected chi connectivity index (χ2v) is 6.61. The number of hydrogen-bond acceptors (Lipinski definition) is 5. The molecular formula is C15H19NO3S. The second kappa shape index (κ2) is 5.56. The van der Waals surface area contributed by atoms with Gasteiger partial charge in [0.25, 0.3) is 0 Å². The van der Waals surface area contributed by atoms with Crippen LogP contribution in [0.3, 0.4) is 0 Å². The fourth-order valence-electron chi connectivity index (χ4n) is 2.30. The summed E-state index contributed by atoms with van der Waals surface area (Å²) in [5, 5.41) is 0. The molecule has 0 bridgehead atoms. The van der Waals surface area contributed by atoms with Crippen molar-refractivity contribution in [3.63, 3.8) is 0 Å². The Balaban J connectivity index is 1.49. The largest absolute Gasteiger partial charge is 0.372 e. The molecule has 5 heteroatoms. The Hall–Kier alpha value is -0.750. The summed E-state index contributed by atoms with van der Waals surface area (Å²) in [6, 6.07) is 8.64. The van der Waals surface area contributed by atoms with Gasteiger partial charge in [0, 0.05) is 23.7 Å². The Labute approximate surface area is 123 Å². The summed E-state index contributed by atoms with van der Waals surface area (Å²) in [4.78, 5) is 3.76. The van der Waals surface area contributed by atoms with E-state index in [2.05, 4.69) is 29.2 Å². The molecule has 3 saturated heterocycles. The molecule has 0 aromatic heterocycles. The number of para-hydroxylation sites is 1. The van der Waals surface area contributed by atoms with Crippen LogP contribution in [0, 0.1) is 0 Å². The van der Waals surface area contributed by atoms with Gasteiger partial charge in [-0.15, -0.1) is 11.8 Å². The van der Waals surface area contributed by atoms with Crippen molar-refractivity contribution in [2.45, 2.75) is 23.2 Å². The number of anilines is 1. The van der Waals surface area contributed by atoms with Gasteiger partial charge in [0.15, 0.2) is 0 Å². The zero-order valence-electron chi connectivity index (χ0n) is 11.4. The zero-order chi connectivity index (χ0) is 13.4. The molecule has 3 atom stereocenters. The molecule has 0 radical (unpaired) electrons. The lowest BCUT2D eigenvalue weighted by molar-refractivity contribution is 0.388. The molecule has 108 valence electrons. The van der Waals surface area contributed by atoms with E-state index in [1.54, 1.807) is 0 Å². The Morgan fingerprint density at radius 3 is 2.15 bits per heavy atom. The highest BCUT2D eigenvalue weighted by molar-refractivity contribution is 7.99. The number of hydrogen-bond donors (Lipinski definition) is 0. The maximum atomic E-state index is 5.40. The van der Waals surface area contributed by atoms with E-state index in [0.29, 0.717) is 18.3 Å². The van der Waals surface area contributed by atoms with E-state index in [0.717, 1.165) is 38.7 Å². The monoisotopic (exact) mass is 293 g/mol. The van der Waals surface area contributed by atoms with Crippen LogP contribution < -0.4 is 4.90 Å². The van der Waals surface area contributed by atoms with Gasteiger partial charge in [-0.1, -0.05) is 12.1 Å². The standard InChI is InChI=1S/C15H19NO3S/c1-2-4-15(20-10-13-9-19-13)14(3-1)16(5-11-7-17-11)6-12-8-18-12/h1-4,11-13H,5-10H2. The summed E-state index contributed by atoms with van der Waals surface area (Å²) >= 11 is 1.89. The summed E-state index contributed by atoms with van der Waals surface area (Å²) in [5.74, 6) is 1.05. The molecule has 3 aliphatic heterocycles. The van der Waals surface area contributed by atoms with Crippen LogP contribution in [0.1, 0.15) is 0 Å². The lowest BCUT2D eigenvalue weighted by Gasteiger charge is -2.25. The number of nitrogens with zero attached hydrogens (tertiary/aromatic N) is 1. The van der Waals surface area contributed by atoms with Gasteiger partial charge >= 0.3 is 0 Å². The maximum absolute atomic E-state index is 5.40. The molecule has 0 spiro atoms. The molecular weight excluding hydrogens is 274 g/mol. The predicted octanol–water partition coefficient (Wildman–Crippen LogP) is 1.78. The molecule has 3 heterocycles. The lowest BCUT2D eigenvalue weighted by atomic mass is 10.2. The predicted molar refractivity (Wildman–Crippen MR) is 78.6 cm³/mol. The normalized spacial score (nSPS) is 30.1. The van der Waals surface area contributed by atoms with Crippen molar-refractivity contribution in [1.29, 1.82) is 0 Å². The van der Waals surface area contributed by atoms with Gasteiger partial charge in [0.05, 0.1) is 43.8 Å². The first-order valence-electron chi connectivity index (χ1n) is 7.20. The van der Waals surface area contributed by atoms with Gasteiger partial charge in [0.1, 0.15) is 0 Å². The van der Waals surface area contributed by atoms with Gasteiger partial charge in [-0.3, -0.25) is 0 Å². The Kier molecular flexibility index (Phi) is 3.60. The van der Waals surface area contributed by atoms with Crippen LogP contribution in [0.4, 0.5) is 5.69 Å². The molecule has 4 nitrogen and oxygen atoms in total. The Morgan fingerprint density at radius 2 is 1.55 bits per heavy atom. The van der Waals surface area contributed by atoms with Crippen molar-refractivity contribution in [3.8, 4) is 0 Å². The highest BCUT2D eigenvalue weighted by Crippen LogP contribution is 2.34. The molecule has 0 aliphatic carbocycles. The summed E-state index contributed by atoms with van der Waals surface area (Å²) in [6.45, 7) is 4.65. The average Bonchev–Trinajstić information content (AvgIpc) is 3.32. The molecule has 0 amide bonds. The van der Waals surface area contributed by atoms with E-state index < -0.39 is 0 Å². The van der Waals surface area contributed by atoms with E-state index in [4.69, 9.17) is 14.2 Å². The van der Waals surface area contributed by atoms with Crippen molar-refractivity contribution < 1.29 is 14.2 Å². The number of rotatable bonds is 8. The first-order valence-corrected chi connectivity index (χ1v) is 8.18. The quantitative estimate of drug-likeness (QED) is 0.540. The molecule has 3 unspecified atom stereocenters. The molecule has 0 saturated carbocycles. The smallest absolute Gasteiger partial charge is 0.0984 e. The summed E-state index contributed by atoms with van der Waals surface area (Å²) in [7, 11) is 0. The molecule has 1 aromatic carbocycles. The first kappa shape index (κ1) is 13.0. The minimum Gasteiger partial charge on any atom is -0.372 e. The van der Waals surface area contributed by atoms with Gasteiger partial charge in [-0.2, -0.15) is 0 Å². The number of epoxide rings is 3. The Morgan fingerprint density at radius 1 is 0.950 bits per heavy atom. The van der Waals surface area contributed by atoms with Crippen molar-refractivity contribution in [1.82, 2.24) is 0 Å². The lowest BCUT2D eigenvalue weighted by Crippen LogP contribution is -2.32. The van der Waals surface area contributed by atoms with Crippen molar-refractivity contribution in [3.05, 3.63) is 24.3 Å². The van der Waals surface area contributed by atoms with Crippen LogP contribution in [0.25, 0.3) is 0 Å². The van der Waals surface area contributed by atoms with Crippen molar-refractivity contribution in [2.24, 2.45) is 0 Å². The van der Waals surface area contributed by atoms with Gasteiger partial charge in [-0.05, 0) is 12.1 Å². The topological polar surface area (TPSA) is 40.8 Å². The van der Waals surface area contributed by atoms with E-state index in [-0.39, 0.29) is 0 Å². The maximum Gasteiger partial charge on any atom is 0.0984 e. The van der Waals surface area contributed by atoms with Crippen molar-refractivity contribution >= 4 is 17.4 Å². The first-order chi connectivity index (χ1) is 9.88. The van der Waals surface area contributed by atoms with E-state index >= 15 is 0 Å². The van der Waals surface area contributed by atoms with Crippen LogP contribution in [0.2, 0.25) is 0 Å². The van der Waals surface area contributed by atoms with E-state index in [1.165, 1.54) is 10.6 Å². The molecule has 20 heavy (non-hydrogen) atoms. The van der Waals surface area contributed by atoms with E-state index in [9.17, 15) is 0 Å². The van der Waals surface area contributed by atoms with Crippen LogP contribution >= 0.6 is 11.8 Å². The minimum absolute atomic E-state index is 0.401. The highest BCUT2D eigenvalue weighted by Gasteiger charge is 2.32. The van der Waals surface area contributed by atoms with Crippen LogP contribution in [-0.4, -0.2) is 57.0 Å². The molecule has 3 fully saturated rings. The molecule has 1 aromatic rings. The minimum atomic E-state index is 0.401. The third kappa shape index (κ3) is 3.47. The van der Waals surface area contributed by atoms with Gasteiger partial charge in [0.2, 0.25) is 0 Å². The van der Waals surface area contributed by atoms with Crippen molar-refractivity contribution in [2.75, 3.05) is 43.6 Å². The fraction of sp³-hybridized carbons (Fsp3) is 0.600. The third-order valence-corrected chi connectivity index (χ3v) is 4.88. The zero-order valence-corrected chi connectivity index (χ0v) is 12.2. The van der Waals surface area contributed by atoms with E-state index in [1.807, 2.05) is 11.8 Å². The summed E-state index contributed by atoms with van der Waals surface area (Å²) < 4.78 is 16.1. The van der Waals surface area contributed by atoms with Crippen LogP contribution in [0.5, 0.6) is 0 Å². The third-order valence-electron chi connectivity index (χ3n) is 3.69. The molecule has 3 aliphatic rings. The van der Waals surface area contributed by atoms with Crippen LogP contribution in [0.15, 0.2) is 29.2 Å². The van der Waals surface area contributed by atoms with Crippen LogP contribution in [-0.2, 0) is 14.2 Å². The second-order valence-electron chi connectivity index (χ2n) is 5.55. The summed E-state index contributed by atoms with van der Waals surface area (Å²) in [6.07, 6.45) is 1.26. The average molecular weight is 293 g/mol. The number of benzene rings is 1. The SMILES string of the molecule is c1ccc(N(CC2CO2)CC2CO2)c(SCC2CO2)c1. The fourth-order valence-corrected chi connectivity index (χ4v) is 3.37. The van der Waals surface area contributed by atoms with Gasteiger partial charge in [-0.25, -0.2) is 0 Å².